The number of hydrogen-bond acceptors (Lipinski definition) is 3. The molecular weight excluding hydrogens is 543 g/mol. The van der Waals surface area contributed by atoms with Crippen LogP contribution in [0.5, 0.6) is 5.75 Å². The van der Waals surface area contributed by atoms with Crippen molar-refractivity contribution in [1.82, 2.24) is 4.48 Å². The van der Waals surface area contributed by atoms with Crippen LogP contribution in [0.3, 0.4) is 0 Å². The van der Waals surface area contributed by atoms with E-state index in [0.29, 0.717) is 0 Å². The molecule has 2 unspecified atom stereocenters. The van der Waals surface area contributed by atoms with Gasteiger partial charge in [0.05, 0.1) is 16.1 Å². The molecule has 43 heavy (non-hydrogen) atoms. The lowest BCUT2D eigenvalue weighted by molar-refractivity contribution is 0.234. The van der Waals surface area contributed by atoms with Crippen LogP contribution in [0.15, 0.2) is 115 Å². The van der Waals surface area contributed by atoms with Gasteiger partial charge in [-0.15, -0.1) is 11.3 Å². The van der Waals surface area contributed by atoms with Gasteiger partial charge < -0.3 is 14.1 Å². The number of aromatic nitrogens is 1. The summed E-state index contributed by atoms with van der Waals surface area (Å²) in [6.07, 6.45) is -0.103. The maximum absolute atomic E-state index is 6.89. The summed E-state index contributed by atoms with van der Waals surface area (Å²) in [5, 5.41) is 5.28. The number of nitrogens with zero attached hydrogens (tertiary/aromatic N) is 2. The number of anilines is 2. The van der Waals surface area contributed by atoms with Crippen LogP contribution in [-0.2, 0) is 0 Å². The van der Waals surface area contributed by atoms with Crippen LogP contribution >= 0.6 is 11.3 Å². The standard InChI is InChI=1S/C38H21BN2OS/c1-2-10-21-20(9-1)19-27-22-13-7-15-26-33(22)41(36-24-12-4-6-18-30(24)43-37(26)36)39-28-16-8-14-25-31-23-11-3-5-17-29(23)42-38(31)40(34(25)28)35(21)32(27)39/h1-19,31,38H. The highest BCUT2D eigenvalue weighted by Gasteiger charge is 2.54. The van der Waals surface area contributed by atoms with E-state index in [1.165, 1.54) is 86.5 Å². The molecule has 0 radical (unpaired) electrons. The minimum Gasteiger partial charge on any atom is -0.469 e. The molecule has 6 aromatic carbocycles. The van der Waals surface area contributed by atoms with E-state index in [4.69, 9.17) is 4.74 Å². The van der Waals surface area contributed by atoms with Crippen LogP contribution in [0, 0.1) is 0 Å². The van der Waals surface area contributed by atoms with E-state index in [9.17, 15) is 0 Å². The van der Waals surface area contributed by atoms with Crippen LogP contribution in [0.2, 0.25) is 0 Å². The van der Waals surface area contributed by atoms with Crippen molar-refractivity contribution >= 4 is 82.5 Å². The summed E-state index contributed by atoms with van der Waals surface area (Å²) in [6, 6.07) is 42.9. The highest BCUT2D eigenvalue weighted by Crippen LogP contribution is 2.57. The molecule has 0 saturated heterocycles. The Balaban J connectivity index is 1.31. The third-order valence-electron chi connectivity index (χ3n) is 10.5. The van der Waals surface area contributed by atoms with Crippen LogP contribution in [-0.4, -0.2) is 17.6 Å². The smallest absolute Gasteiger partial charge is 0.333 e. The Morgan fingerprint density at radius 1 is 0.651 bits per heavy atom. The lowest BCUT2D eigenvalue weighted by Crippen LogP contribution is -2.58. The van der Waals surface area contributed by atoms with E-state index >= 15 is 0 Å². The van der Waals surface area contributed by atoms with Crippen LogP contribution < -0.4 is 20.6 Å². The van der Waals surface area contributed by atoms with Crippen molar-refractivity contribution in [3.63, 3.8) is 0 Å². The quantitative estimate of drug-likeness (QED) is 0.173. The van der Waals surface area contributed by atoms with Crippen molar-refractivity contribution in [3.8, 4) is 16.9 Å². The molecule has 198 valence electrons. The lowest BCUT2D eigenvalue weighted by Gasteiger charge is -2.41. The summed E-state index contributed by atoms with van der Waals surface area (Å²) in [4.78, 5) is 2.57. The predicted molar refractivity (Wildman–Crippen MR) is 179 cm³/mol. The first kappa shape index (κ1) is 21.7. The Kier molecular flexibility index (Phi) is 3.60. The van der Waals surface area contributed by atoms with Gasteiger partial charge in [0.25, 0.3) is 0 Å². The van der Waals surface area contributed by atoms with Gasteiger partial charge in [-0.05, 0) is 45.6 Å². The first-order chi connectivity index (χ1) is 21.4. The van der Waals surface area contributed by atoms with Gasteiger partial charge >= 0.3 is 6.85 Å². The van der Waals surface area contributed by atoms with E-state index in [-0.39, 0.29) is 19.0 Å². The number of thiophene rings is 1. The number of para-hydroxylation sites is 3. The zero-order chi connectivity index (χ0) is 27.6. The summed E-state index contributed by atoms with van der Waals surface area (Å²) in [5.41, 5.74) is 13.5. The molecule has 12 rings (SSSR count). The Labute approximate surface area is 251 Å². The highest BCUT2D eigenvalue weighted by atomic mass is 32.1. The molecule has 4 aliphatic rings. The van der Waals surface area contributed by atoms with E-state index in [0.717, 1.165) is 5.75 Å². The molecule has 0 N–H and O–H groups in total. The first-order valence-electron chi connectivity index (χ1n) is 15.0. The monoisotopic (exact) mass is 564 g/mol. The van der Waals surface area contributed by atoms with Gasteiger partial charge in [0.15, 0.2) is 6.23 Å². The predicted octanol–water partition coefficient (Wildman–Crippen LogP) is 8.11. The number of fused-ring (bicyclic) bond motifs is 16. The fourth-order valence-corrected chi connectivity index (χ4v) is 10.2. The maximum Gasteiger partial charge on any atom is 0.333 e. The molecule has 2 atom stereocenters. The molecule has 8 aromatic rings. The Hall–Kier alpha value is -5.00. The second-order valence-corrected chi connectivity index (χ2v) is 13.4. The number of hydrogen-bond donors (Lipinski definition) is 0. The summed E-state index contributed by atoms with van der Waals surface area (Å²) in [6.45, 7) is 0.0720. The largest absolute Gasteiger partial charge is 0.469 e. The maximum atomic E-state index is 6.89. The number of rotatable bonds is 0. The van der Waals surface area contributed by atoms with E-state index in [2.05, 4.69) is 125 Å². The highest BCUT2D eigenvalue weighted by molar-refractivity contribution is 7.27. The van der Waals surface area contributed by atoms with Gasteiger partial charge in [-0.1, -0.05) is 97.1 Å². The van der Waals surface area contributed by atoms with Crippen LogP contribution in [0.1, 0.15) is 17.0 Å². The fourth-order valence-electron chi connectivity index (χ4n) is 8.97. The van der Waals surface area contributed by atoms with Crippen molar-refractivity contribution in [3.05, 3.63) is 126 Å². The zero-order valence-electron chi connectivity index (χ0n) is 22.9. The average molecular weight is 564 g/mol. The van der Waals surface area contributed by atoms with Crippen molar-refractivity contribution in [2.24, 2.45) is 0 Å². The Morgan fingerprint density at radius 2 is 1.44 bits per heavy atom. The van der Waals surface area contributed by atoms with Gasteiger partial charge in [-0.2, -0.15) is 0 Å². The molecule has 2 aromatic heterocycles. The van der Waals surface area contributed by atoms with Gasteiger partial charge in [-0.3, -0.25) is 0 Å². The summed E-state index contributed by atoms with van der Waals surface area (Å²) < 4.78 is 12.3. The molecule has 5 heteroatoms. The third-order valence-corrected chi connectivity index (χ3v) is 11.7. The molecule has 0 amide bonds. The second-order valence-electron chi connectivity index (χ2n) is 12.3. The lowest BCUT2D eigenvalue weighted by atomic mass is 9.45. The molecule has 3 nitrogen and oxygen atoms in total. The van der Waals surface area contributed by atoms with Crippen LogP contribution in [0.4, 0.5) is 11.4 Å². The van der Waals surface area contributed by atoms with Gasteiger partial charge in [0, 0.05) is 48.9 Å². The summed E-state index contributed by atoms with van der Waals surface area (Å²) in [7, 11) is 0. The van der Waals surface area contributed by atoms with Gasteiger partial charge in [0.1, 0.15) is 5.75 Å². The molecular formula is C38H21BN2OS. The minimum atomic E-state index is -0.103. The molecule has 4 aliphatic heterocycles. The summed E-state index contributed by atoms with van der Waals surface area (Å²) in [5.74, 6) is 1.18. The minimum absolute atomic E-state index is 0.0720. The topological polar surface area (TPSA) is 17.4 Å². The third kappa shape index (κ3) is 2.31. The zero-order valence-corrected chi connectivity index (χ0v) is 23.7. The molecule has 0 saturated carbocycles. The summed E-state index contributed by atoms with van der Waals surface area (Å²) >= 11 is 1.93. The first-order valence-corrected chi connectivity index (χ1v) is 15.9. The molecule has 0 bridgehead atoms. The second kappa shape index (κ2) is 7.13. The average Bonchev–Trinajstić information content (AvgIpc) is 3.79. The van der Waals surface area contributed by atoms with E-state index in [1.807, 2.05) is 11.3 Å². The van der Waals surface area contributed by atoms with Crippen molar-refractivity contribution in [2.75, 3.05) is 4.90 Å². The number of benzene rings is 6. The Morgan fingerprint density at radius 3 is 2.42 bits per heavy atom. The van der Waals surface area contributed by atoms with Gasteiger partial charge in [-0.25, -0.2) is 0 Å². The molecule has 0 aliphatic carbocycles. The molecule has 0 fully saturated rings. The Bertz CT molecular complexity index is 2600. The van der Waals surface area contributed by atoms with Crippen molar-refractivity contribution in [1.29, 1.82) is 0 Å². The fraction of sp³-hybridized carbons (Fsp3) is 0.0526. The van der Waals surface area contributed by atoms with E-state index in [1.54, 1.807) is 0 Å². The number of ether oxygens (including phenoxy) is 1. The van der Waals surface area contributed by atoms with E-state index < -0.39 is 0 Å². The normalized spacial score (nSPS) is 18.3. The molecule has 0 spiro atoms. The van der Waals surface area contributed by atoms with Crippen LogP contribution in [0.25, 0.3) is 53.1 Å². The SMILES string of the molecule is c1ccc2c(c1)OC1C2c2cccc3c2N1c1c2c(cc4ccccc14)-c1cccc4c5sc6ccccc6c5n(c14)B32. The van der Waals surface area contributed by atoms with Crippen molar-refractivity contribution < 1.29 is 4.74 Å². The van der Waals surface area contributed by atoms with Gasteiger partial charge in [0.2, 0.25) is 0 Å². The molecule has 6 heterocycles. The van der Waals surface area contributed by atoms with Crippen molar-refractivity contribution in [2.45, 2.75) is 12.1 Å².